The Morgan fingerprint density at radius 2 is 2.18 bits per heavy atom. The Kier molecular flexibility index (Phi) is 1.40. The average molecular weight is 167 g/mol. The van der Waals surface area contributed by atoms with Gasteiger partial charge in [0.15, 0.2) is 0 Å². The number of nitrogens with zero attached hydrogens (tertiary/aromatic N) is 4. The lowest BCUT2D eigenvalue weighted by molar-refractivity contribution is 1.00. The highest BCUT2D eigenvalue weighted by molar-refractivity contribution is 6.30. The number of hydrogen-bond donors (Lipinski definition) is 0. The summed E-state index contributed by atoms with van der Waals surface area (Å²) in [5.41, 5.74) is 1.17. The Morgan fingerprint density at radius 3 is 3.09 bits per heavy atom. The second-order valence-corrected chi connectivity index (χ2v) is 2.39. The molecule has 5 heteroatoms. The quantitative estimate of drug-likeness (QED) is 0.588. The second kappa shape index (κ2) is 2.39. The fourth-order valence-electron chi connectivity index (χ4n) is 0.762. The van der Waals surface area contributed by atoms with E-state index in [1.807, 2.05) is 0 Å². The normalized spacial score (nSPS) is 10.3. The Bertz CT molecular complexity index is 389. The smallest absolute Gasteiger partial charge is 0.200 e. The first-order valence-electron chi connectivity index (χ1n) is 2.95. The third kappa shape index (κ3) is 1.12. The molecule has 0 unspecified atom stereocenters. The largest absolute Gasteiger partial charge is 0.232 e. The Morgan fingerprint density at radius 1 is 1.27 bits per heavy atom. The van der Waals surface area contributed by atoms with E-state index < -0.39 is 0 Å². The van der Waals surface area contributed by atoms with Gasteiger partial charge in [-0.05, 0) is 6.07 Å². The lowest BCUT2D eigenvalue weighted by atomic mass is 10.4. The van der Waals surface area contributed by atoms with E-state index >= 15 is 0 Å². The molecule has 0 amide bonds. The highest BCUT2D eigenvalue weighted by atomic mass is 35.5. The van der Waals surface area contributed by atoms with Crippen LogP contribution >= 0.6 is 11.6 Å². The minimum absolute atomic E-state index is 0.511. The van der Waals surface area contributed by atoms with Crippen molar-refractivity contribution in [1.29, 1.82) is 0 Å². The first-order chi connectivity index (χ1) is 5.36. The molecule has 0 aliphatic carbocycles. The lowest BCUT2D eigenvalue weighted by Gasteiger charge is -1.91. The first kappa shape index (κ1) is 6.42. The van der Waals surface area contributed by atoms with Crippen LogP contribution in [0.1, 0.15) is 0 Å². The predicted molar refractivity (Wildman–Crippen MR) is 40.1 cm³/mol. The van der Waals surface area contributed by atoms with Crippen LogP contribution in [-0.4, -0.2) is 20.2 Å². The van der Waals surface area contributed by atoms with Crippen LogP contribution in [0.5, 0.6) is 0 Å². The molecule has 0 aromatic carbocycles. The summed E-state index contributed by atoms with van der Waals surface area (Å²) in [6, 6.07) is 1.69. The molecule has 2 rings (SSSR count). The molecule has 0 N–H and O–H groups in total. The van der Waals surface area contributed by atoms with E-state index in [-0.39, 0.29) is 0 Å². The fourth-order valence-corrected chi connectivity index (χ4v) is 0.914. The molecule has 2 aromatic rings. The van der Waals surface area contributed by atoms with Gasteiger partial charge in [0.1, 0.15) is 11.8 Å². The molecular formula is C6H3ClN4. The number of halogens is 1. The van der Waals surface area contributed by atoms with E-state index in [9.17, 15) is 0 Å². The monoisotopic (exact) mass is 166 g/mol. The van der Waals surface area contributed by atoms with Crippen LogP contribution in [0.25, 0.3) is 11.2 Å². The van der Waals surface area contributed by atoms with Gasteiger partial charge in [-0.2, -0.15) is 0 Å². The van der Waals surface area contributed by atoms with E-state index in [4.69, 9.17) is 11.6 Å². The van der Waals surface area contributed by atoms with Crippen molar-refractivity contribution in [2.75, 3.05) is 0 Å². The molecule has 0 fully saturated rings. The summed E-state index contributed by atoms with van der Waals surface area (Å²) in [5, 5.41) is 7.87. The Balaban J connectivity index is 2.83. The molecule has 0 atom stereocenters. The van der Waals surface area contributed by atoms with Crippen LogP contribution < -0.4 is 0 Å². The van der Waals surface area contributed by atoms with Crippen molar-refractivity contribution in [3.05, 3.63) is 23.6 Å². The zero-order valence-corrected chi connectivity index (χ0v) is 6.15. The fraction of sp³-hybridized carbons (Fsp3) is 0. The van der Waals surface area contributed by atoms with Crippen LogP contribution in [0.15, 0.2) is 18.6 Å². The van der Waals surface area contributed by atoms with Crippen molar-refractivity contribution < 1.29 is 0 Å². The zero-order chi connectivity index (χ0) is 7.68. The molecule has 0 radical (unpaired) electrons. The number of fused-ring (bicyclic) bond motifs is 1. The highest BCUT2D eigenvalue weighted by Crippen LogP contribution is 2.10. The number of rotatable bonds is 0. The molecule has 0 aliphatic heterocycles. The van der Waals surface area contributed by atoms with Crippen LogP contribution in [0, 0.1) is 0 Å². The molecule has 11 heavy (non-hydrogen) atoms. The van der Waals surface area contributed by atoms with Crippen LogP contribution in [0.4, 0.5) is 0 Å². The van der Waals surface area contributed by atoms with Gasteiger partial charge in [-0.15, -0.1) is 10.2 Å². The second-order valence-electron chi connectivity index (χ2n) is 1.96. The molecule has 0 saturated heterocycles. The average Bonchev–Trinajstić information content (AvgIpc) is 2.04. The molecule has 2 aromatic heterocycles. The Labute approximate surface area is 67.3 Å². The molecule has 0 bridgehead atoms. The van der Waals surface area contributed by atoms with Gasteiger partial charge in [0.2, 0.25) is 5.65 Å². The summed E-state index contributed by atoms with van der Waals surface area (Å²) in [5.74, 6) is 0. The minimum Gasteiger partial charge on any atom is -0.232 e. The van der Waals surface area contributed by atoms with Gasteiger partial charge in [-0.1, -0.05) is 11.6 Å². The van der Waals surface area contributed by atoms with Crippen molar-refractivity contribution >= 4 is 22.8 Å². The van der Waals surface area contributed by atoms with Crippen molar-refractivity contribution in [2.24, 2.45) is 0 Å². The van der Waals surface area contributed by atoms with E-state index in [2.05, 4.69) is 20.2 Å². The summed E-state index contributed by atoms with van der Waals surface area (Å²) in [6.45, 7) is 0. The number of pyridine rings is 1. The maximum Gasteiger partial charge on any atom is 0.200 e. The van der Waals surface area contributed by atoms with E-state index in [0.717, 1.165) is 0 Å². The van der Waals surface area contributed by atoms with Crippen molar-refractivity contribution in [3.63, 3.8) is 0 Å². The van der Waals surface area contributed by atoms with Gasteiger partial charge >= 0.3 is 0 Å². The van der Waals surface area contributed by atoms with Crippen molar-refractivity contribution in [3.8, 4) is 0 Å². The SMILES string of the molecule is Clc1cnc2nncnc2c1. The molecule has 4 nitrogen and oxygen atoms in total. The molecule has 0 aliphatic rings. The number of aromatic nitrogens is 4. The number of hydrogen-bond acceptors (Lipinski definition) is 4. The Hall–Kier alpha value is -1.29. The third-order valence-electron chi connectivity index (χ3n) is 1.21. The third-order valence-corrected chi connectivity index (χ3v) is 1.42. The summed E-state index contributed by atoms with van der Waals surface area (Å²) in [4.78, 5) is 7.83. The predicted octanol–water partition coefficient (Wildman–Crippen LogP) is 1.07. The highest BCUT2D eigenvalue weighted by Gasteiger charge is 1.96. The lowest BCUT2D eigenvalue weighted by Crippen LogP contribution is -1.88. The van der Waals surface area contributed by atoms with Gasteiger partial charge < -0.3 is 0 Å². The zero-order valence-electron chi connectivity index (χ0n) is 5.40. The minimum atomic E-state index is 0.511. The van der Waals surface area contributed by atoms with Gasteiger partial charge in [0.05, 0.1) is 5.02 Å². The summed E-state index contributed by atoms with van der Waals surface area (Å²) in [6.07, 6.45) is 2.88. The topological polar surface area (TPSA) is 51.6 Å². The van der Waals surface area contributed by atoms with E-state index in [1.165, 1.54) is 12.5 Å². The standard InChI is InChI=1S/C6H3ClN4/c7-4-1-5-6(8-2-4)11-10-3-9-5/h1-3H. The van der Waals surface area contributed by atoms with Gasteiger partial charge in [0, 0.05) is 6.20 Å². The summed E-state index contributed by atoms with van der Waals surface area (Å²) < 4.78 is 0. The van der Waals surface area contributed by atoms with Gasteiger partial charge in [-0.25, -0.2) is 9.97 Å². The van der Waals surface area contributed by atoms with Gasteiger partial charge in [0.25, 0.3) is 0 Å². The molecule has 0 saturated carbocycles. The van der Waals surface area contributed by atoms with E-state index in [1.54, 1.807) is 6.07 Å². The first-order valence-corrected chi connectivity index (χ1v) is 3.33. The maximum atomic E-state index is 5.67. The van der Waals surface area contributed by atoms with Crippen molar-refractivity contribution in [2.45, 2.75) is 0 Å². The van der Waals surface area contributed by atoms with Crippen LogP contribution in [0.2, 0.25) is 5.02 Å². The molecular weight excluding hydrogens is 164 g/mol. The molecule has 54 valence electrons. The van der Waals surface area contributed by atoms with E-state index in [0.29, 0.717) is 16.2 Å². The van der Waals surface area contributed by atoms with Crippen LogP contribution in [-0.2, 0) is 0 Å². The van der Waals surface area contributed by atoms with Gasteiger partial charge in [-0.3, -0.25) is 0 Å². The van der Waals surface area contributed by atoms with Crippen molar-refractivity contribution in [1.82, 2.24) is 20.2 Å². The summed E-state index contributed by atoms with van der Waals surface area (Å²) in [7, 11) is 0. The van der Waals surface area contributed by atoms with Crippen LogP contribution in [0.3, 0.4) is 0 Å². The molecule has 0 spiro atoms. The molecule has 2 heterocycles. The maximum absolute atomic E-state index is 5.67. The summed E-state index contributed by atoms with van der Waals surface area (Å²) >= 11 is 5.67.